The maximum atomic E-state index is 10.3. The summed E-state index contributed by atoms with van der Waals surface area (Å²) in [6, 6.07) is 14.6. The molecule has 6 N–H and O–H groups in total. The highest BCUT2D eigenvalue weighted by Gasteiger charge is 2.18. The smallest absolute Gasteiger partial charge is 0.125 e. The number of fused-ring (bicyclic) bond motifs is 2. The van der Waals surface area contributed by atoms with E-state index in [0.29, 0.717) is 22.1 Å². The van der Waals surface area contributed by atoms with Gasteiger partial charge in [-0.05, 0) is 45.8 Å². The number of aromatic hydroxyl groups is 2. The molecule has 0 spiro atoms. The summed E-state index contributed by atoms with van der Waals surface area (Å²) >= 11 is 0. The summed E-state index contributed by atoms with van der Waals surface area (Å²) in [5.74, 6) is 0.337. The minimum Gasteiger partial charge on any atom is -0.507 e. The molecule has 0 saturated carbocycles. The number of hydrogen-bond acceptors (Lipinski definition) is 4. The van der Waals surface area contributed by atoms with Crippen LogP contribution in [0.3, 0.4) is 0 Å². The van der Waals surface area contributed by atoms with Crippen LogP contribution in [0.1, 0.15) is 0 Å². The molecule has 0 aromatic heterocycles. The van der Waals surface area contributed by atoms with Crippen LogP contribution in [0.4, 0.5) is 11.4 Å². The molecule has 0 radical (unpaired) electrons. The first kappa shape index (κ1) is 13.1. The lowest BCUT2D eigenvalue weighted by molar-refractivity contribution is 0.481. The van der Waals surface area contributed by atoms with Crippen molar-refractivity contribution in [3.05, 3.63) is 48.5 Å². The summed E-state index contributed by atoms with van der Waals surface area (Å²) in [6.45, 7) is 0. The minimum absolute atomic E-state index is 0.169. The van der Waals surface area contributed by atoms with Gasteiger partial charge in [0.2, 0.25) is 0 Å². The first-order valence-electron chi connectivity index (χ1n) is 7.67. The Kier molecular flexibility index (Phi) is 2.24. The molecule has 0 atom stereocenters. The fraction of sp³-hybridized carbons (Fsp3) is 0. The summed E-state index contributed by atoms with van der Waals surface area (Å²) in [5.41, 5.74) is 13.3. The van der Waals surface area contributed by atoms with Crippen molar-refractivity contribution in [2.24, 2.45) is 0 Å². The highest BCUT2D eigenvalue weighted by Crippen LogP contribution is 2.46. The zero-order valence-corrected chi connectivity index (χ0v) is 12.7. The van der Waals surface area contributed by atoms with E-state index in [2.05, 4.69) is 0 Å². The van der Waals surface area contributed by atoms with Gasteiger partial charge in [0.15, 0.2) is 0 Å². The number of rotatable bonds is 0. The molecule has 4 heteroatoms. The van der Waals surface area contributed by atoms with E-state index in [9.17, 15) is 10.2 Å². The van der Waals surface area contributed by atoms with Crippen molar-refractivity contribution in [3.63, 3.8) is 0 Å². The molecule has 0 bridgehead atoms. The van der Waals surface area contributed by atoms with Crippen LogP contribution in [-0.2, 0) is 0 Å². The number of phenolic OH excluding ortho intramolecular Hbond substituents is 2. The summed E-state index contributed by atoms with van der Waals surface area (Å²) in [5, 5.41) is 27.7. The first-order valence-corrected chi connectivity index (χ1v) is 7.67. The molecule has 4 nitrogen and oxygen atoms in total. The van der Waals surface area contributed by atoms with Gasteiger partial charge in [-0.1, -0.05) is 24.3 Å². The van der Waals surface area contributed by atoms with Crippen LogP contribution in [0.2, 0.25) is 0 Å². The number of nitrogens with two attached hydrogens (primary N) is 2. The molecular formula is C20H14N2O2. The van der Waals surface area contributed by atoms with Gasteiger partial charge < -0.3 is 21.7 Å². The molecule has 0 aliphatic rings. The predicted molar refractivity (Wildman–Crippen MR) is 99.8 cm³/mol. The van der Waals surface area contributed by atoms with Crippen molar-refractivity contribution in [3.8, 4) is 11.5 Å². The molecular weight excluding hydrogens is 300 g/mol. The van der Waals surface area contributed by atoms with Crippen LogP contribution in [0.5, 0.6) is 11.5 Å². The maximum absolute atomic E-state index is 10.3. The topological polar surface area (TPSA) is 92.5 Å². The van der Waals surface area contributed by atoms with Crippen molar-refractivity contribution in [2.45, 2.75) is 0 Å². The van der Waals surface area contributed by atoms with E-state index in [1.54, 1.807) is 24.3 Å². The molecule has 0 unspecified atom stereocenters. The third-order valence-electron chi connectivity index (χ3n) is 4.92. The third kappa shape index (κ3) is 1.38. The molecule has 0 aliphatic heterocycles. The molecule has 0 aliphatic carbocycles. The molecule has 0 amide bonds. The Labute approximate surface area is 136 Å². The van der Waals surface area contributed by atoms with E-state index < -0.39 is 0 Å². The number of phenols is 2. The van der Waals surface area contributed by atoms with E-state index in [-0.39, 0.29) is 11.5 Å². The van der Waals surface area contributed by atoms with Gasteiger partial charge in [0.1, 0.15) is 11.5 Å². The van der Waals surface area contributed by atoms with Crippen molar-refractivity contribution >= 4 is 54.5 Å². The minimum atomic E-state index is 0.169. The molecule has 0 fully saturated rings. The summed E-state index contributed by atoms with van der Waals surface area (Å²) in [6.07, 6.45) is 0. The van der Waals surface area contributed by atoms with Crippen molar-refractivity contribution in [2.75, 3.05) is 11.5 Å². The van der Waals surface area contributed by atoms with Gasteiger partial charge in [0, 0.05) is 32.9 Å². The lowest BCUT2D eigenvalue weighted by Gasteiger charge is -2.17. The predicted octanol–water partition coefficient (Wildman–Crippen LogP) is 4.31. The highest BCUT2D eigenvalue weighted by atomic mass is 16.3. The van der Waals surface area contributed by atoms with Gasteiger partial charge in [-0.2, -0.15) is 0 Å². The van der Waals surface area contributed by atoms with Gasteiger partial charge in [-0.3, -0.25) is 0 Å². The second kappa shape index (κ2) is 4.11. The Morgan fingerprint density at radius 3 is 1.17 bits per heavy atom. The average molecular weight is 314 g/mol. The van der Waals surface area contributed by atoms with Crippen molar-refractivity contribution in [1.29, 1.82) is 0 Å². The summed E-state index contributed by atoms with van der Waals surface area (Å²) in [4.78, 5) is 0. The van der Waals surface area contributed by atoms with E-state index in [4.69, 9.17) is 11.5 Å². The van der Waals surface area contributed by atoms with Gasteiger partial charge >= 0.3 is 0 Å². The fourth-order valence-corrected chi connectivity index (χ4v) is 3.90. The van der Waals surface area contributed by atoms with Crippen LogP contribution >= 0.6 is 0 Å². The van der Waals surface area contributed by atoms with Crippen LogP contribution in [0, 0.1) is 0 Å². The van der Waals surface area contributed by atoms with E-state index in [1.807, 2.05) is 24.3 Å². The van der Waals surface area contributed by atoms with Gasteiger partial charge in [0.25, 0.3) is 0 Å². The van der Waals surface area contributed by atoms with Gasteiger partial charge in [0.05, 0.1) is 0 Å². The Morgan fingerprint density at radius 2 is 0.792 bits per heavy atom. The molecule has 5 aromatic carbocycles. The number of nitrogen functional groups attached to an aromatic ring is 2. The Balaban J connectivity index is 2.26. The number of benzene rings is 5. The number of anilines is 2. The zero-order chi connectivity index (χ0) is 16.6. The monoisotopic (exact) mass is 314 g/mol. The summed E-state index contributed by atoms with van der Waals surface area (Å²) < 4.78 is 0. The molecule has 0 heterocycles. The molecule has 116 valence electrons. The molecule has 24 heavy (non-hydrogen) atoms. The molecule has 5 aromatic rings. The van der Waals surface area contributed by atoms with Crippen molar-refractivity contribution < 1.29 is 10.2 Å². The maximum Gasteiger partial charge on any atom is 0.125 e. The van der Waals surface area contributed by atoms with E-state index >= 15 is 0 Å². The standard InChI is InChI=1S/C20H14N2O2/c21-13-5-1-9-11-3-7-16(24)20-14(22)6-2-10(18(11)20)12-4-8-15(23)19(13)17(9)12/h1-8,23-24H,21-22H2. The normalized spacial score (nSPS) is 12.0. The summed E-state index contributed by atoms with van der Waals surface area (Å²) in [7, 11) is 0. The van der Waals surface area contributed by atoms with Crippen molar-refractivity contribution in [1.82, 2.24) is 0 Å². The van der Waals surface area contributed by atoms with Crippen LogP contribution < -0.4 is 11.5 Å². The second-order valence-electron chi connectivity index (χ2n) is 6.17. The fourth-order valence-electron chi connectivity index (χ4n) is 3.90. The third-order valence-corrected chi connectivity index (χ3v) is 4.92. The van der Waals surface area contributed by atoms with Crippen LogP contribution in [-0.4, -0.2) is 10.2 Å². The first-order chi connectivity index (χ1) is 11.6. The second-order valence-corrected chi connectivity index (χ2v) is 6.17. The van der Waals surface area contributed by atoms with Gasteiger partial charge in [-0.25, -0.2) is 0 Å². The lowest BCUT2D eigenvalue weighted by atomic mass is 9.88. The Hall–Kier alpha value is -3.40. The number of hydrogen-bond donors (Lipinski definition) is 4. The highest BCUT2D eigenvalue weighted by molar-refractivity contribution is 6.36. The van der Waals surface area contributed by atoms with Gasteiger partial charge in [-0.15, -0.1) is 0 Å². The molecule has 5 rings (SSSR count). The Bertz CT molecular complexity index is 1100. The average Bonchev–Trinajstić information content (AvgIpc) is 2.57. The Morgan fingerprint density at radius 1 is 0.458 bits per heavy atom. The van der Waals surface area contributed by atoms with E-state index in [1.165, 1.54) is 0 Å². The van der Waals surface area contributed by atoms with Crippen LogP contribution in [0.15, 0.2) is 48.5 Å². The molecule has 0 saturated heterocycles. The SMILES string of the molecule is Nc1ccc2c3ccc(O)c4c(N)ccc(c5ccc(O)c1c25)c43. The van der Waals surface area contributed by atoms with Crippen LogP contribution in [0.25, 0.3) is 43.1 Å². The zero-order valence-electron chi connectivity index (χ0n) is 12.7. The largest absolute Gasteiger partial charge is 0.507 e. The lowest BCUT2D eigenvalue weighted by Crippen LogP contribution is -1.94. The quantitative estimate of drug-likeness (QED) is 0.195. The van der Waals surface area contributed by atoms with E-state index in [0.717, 1.165) is 32.3 Å².